The first kappa shape index (κ1) is 59.1. The molecule has 1 aromatic rings. The van der Waals surface area contributed by atoms with E-state index in [1.807, 2.05) is 26.8 Å². The number of imide groups is 2. The highest BCUT2D eigenvalue weighted by molar-refractivity contribution is 8.02. The van der Waals surface area contributed by atoms with E-state index in [1.165, 1.54) is 54.7 Å². The molecule has 0 radical (unpaired) electrons. The number of rotatable bonds is 14. The highest BCUT2D eigenvalue weighted by atomic mass is 35.5. The monoisotopic (exact) mass is 1110 g/mol. The smallest absolute Gasteiger partial charge is 0.409 e. The molecule has 1 aliphatic carbocycles. The van der Waals surface area contributed by atoms with Gasteiger partial charge in [0.2, 0.25) is 23.6 Å². The summed E-state index contributed by atoms with van der Waals surface area (Å²) in [7, 11) is 5.89. The molecule has 77 heavy (non-hydrogen) atoms. The van der Waals surface area contributed by atoms with Crippen LogP contribution in [0.15, 0.2) is 35.9 Å². The number of aliphatic hydroxyl groups is 1. The van der Waals surface area contributed by atoms with Crippen LogP contribution in [-0.4, -0.2) is 160 Å². The SMILES string of the molecule is COc1cc2cc(c1Cl)N(C)C(=O)CC(OC(=O)[C@H](C)N(C)C(=O)CCC(C)(C)SC1CC(=O)N(CC3CCC(C(=O)ON4C(=O)CCC4=O)CC3)C1=O)[C@]1(C)O[C@H]1[C@H](C)[C@@H]1C[C@@](O)(NC(=O)O1)[C@H](OC)C=CC=C(C)C2. The van der Waals surface area contributed by atoms with E-state index in [9.17, 15) is 48.3 Å². The number of thioether (sulfide) groups is 1. The zero-order chi connectivity index (χ0) is 56.5. The van der Waals surface area contributed by atoms with Crippen molar-refractivity contribution in [3.05, 3.63) is 46.5 Å². The lowest BCUT2D eigenvalue weighted by atomic mass is 9.82. The number of hydroxylamine groups is 2. The molecule has 5 heterocycles. The van der Waals surface area contributed by atoms with E-state index < -0.39 is 112 Å². The number of hydrogen-bond donors (Lipinski definition) is 2. The van der Waals surface area contributed by atoms with Crippen LogP contribution in [0.5, 0.6) is 5.75 Å². The Hall–Kier alpha value is -5.55. The summed E-state index contributed by atoms with van der Waals surface area (Å²) in [5, 5.41) is 14.4. The number of epoxide rings is 1. The molecular formula is C54H72ClN5O16S. The van der Waals surface area contributed by atoms with Gasteiger partial charge in [0.25, 0.3) is 11.8 Å². The Balaban J connectivity index is 0.990. The summed E-state index contributed by atoms with van der Waals surface area (Å²) in [6, 6.07) is 2.39. The molecule has 2 N–H and O–H groups in total. The van der Waals surface area contributed by atoms with Gasteiger partial charge < -0.3 is 43.4 Å². The third kappa shape index (κ3) is 13.3. The first-order valence-corrected chi connectivity index (χ1v) is 27.4. The number of esters is 1. The summed E-state index contributed by atoms with van der Waals surface area (Å²) in [5.74, 6) is -4.90. The molecule has 2 unspecified atom stereocenters. The van der Waals surface area contributed by atoms with Gasteiger partial charge in [-0.15, -0.1) is 16.8 Å². The standard InChI is InChI=1S/C54H72ClN5O16S/c1-29-12-11-13-39(72-10)54(70)27-37(73-51(69)56-54)30(2)47-53(6,75-47)40(26-44(64)58(8)35-23-33(22-29)24-36(71-9)46(35)55)74-49(67)31(3)57(7)41(61)20-21-52(4,5)77-38-25-45(65)59(48(38)66)28-32-14-16-34(17-15-32)50(68)76-60-42(62)18-19-43(60)63/h11-13,23-24,30-32,34,37-40,47,70H,14-22,25-28H2,1-10H3,(H,56,69)/t30-,31+,32?,34?,37+,38?,39-,40?,47+,53+,54+/m1/s1. The Morgan fingerprint density at radius 2 is 1.69 bits per heavy atom. The van der Waals surface area contributed by atoms with Gasteiger partial charge in [-0.2, -0.15) is 0 Å². The van der Waals surface area contributed by atoms with Crippen molar-refractivity contribution < 1.29 is 76.8 Å². The number of carbonyl (C=O) groups excluding carboxylic acids is 9. The van der Waals surface area contributed by atoms with Crippen molar-refractivity contribution in [1.29, 1.82) is 0 Å². The molecule has 6 aliphatic rings. The first-order valence-electron chi connectivity index (χ1n) is 26.1. The molecule has 4 bridgehead atoms. The van der Waals surface area contributed by atoms with Gasteiger partial charge in [0.15, 0.2) is 5.72 Å². The molecule has 9 atom stereocenters. The fourth-order valence-electron chi connectivity index (χ4n) is 10.8. The number of allylic oxidation sites excluding steroid dienone is 3. The fourth-order valence-corrected chi connectivity index (χ4v) is 12.6. The predicted molar refractivity (Wildman–Crippen MR) is 280 cm³/mol. The summed E-state index contributed by atoms with van der Waals surface area (Å²) < 4.78 is 28.9. The van der Waals surface area contributed by atoms with Gasteiger partial charge >= 0.3 is 18.0 Å². The van der Waals surface area contributed by atoms with E-state index in [-0.39, 0.29) is 67.8 Å². The van der Waals surface area contributed by atoms with Crippen molar-refractivity contribution in [3.63, 3.8) is 0 Å². The van der Waals surface area contributed by atoms with E-state index in [0.29, 0.717) is 48.6 Å². The average Bonchev–Trinajstić information content (AvgIpc) is 3.99. The Morgan fingerprint density at radius 1 is 1.01 bits per heavy atom. The lowest BCUT2D eigenvalue weighted by molar-refractivity contribution is -0.201. The number of amides is 7. The lowest BCUT2D eigenvalue weighted by Crippen LogP contribution is -2.63. The summed E-state index contributed by atoms with van der Waals surface area (Å²) in [5.41, 5.74) is -1.21. The molecule has 4 saturated heterocycles. The number of nitrogens with one attached hydrogen (secondary N) is 1. The molecule has 0 spiro atoms. The molecule has 23 heteroatoms. The maximum absolute atomic E-state index is 14.4. The number of anilines is 1. The van der Waals surface area contributed by atoms with Crippen molar-refractivity contribution in [2.75, 3.05) is 39.8 Å². The molecule has 0 aromatic heterocycles. The molecule has 5 fully saturated rings. The number of likely N-dealkylation sites (tertiary alicyclic amines) is 1. The third-order valence-electron chi connectivity index (χ3n) is 15.9. The second kappa shape index (κ2) is 23.8. The van der Waals surface area contributed by atoms with Gasteiger partial charge in [-0.05, 0) is 82.9 Å². The van der Waals surface area contributed by atoms with Crippen LogP contribution in [0.4, 0.5) is 10.5 Å². The van der Waals surface area contributed by atoms with Crippen LogP contribution in [0.1, 0.15) is 118 Å². The van der Waals surface area contributed by atoms with Gasteiger partial charge in [0, 0.05) is 70.5 Å². The Bertz CT molecular complexity index is 2570. The lowest BCUT2D eigenvalue weighted by Gasteiger charge is -2.42. The number of nitrogens with zero attached hydrogens (tertiary/aromatic N) is 4. The van der Waals surface area contributed by atoms with Crippen molar-refractivity contribution in [1.82, 2.24) is 20.2 Å². The third-order valence-corrected chi connectivity index (χ3v) is 17.8. The van der Waals surface area contributed by atoms with Crippen LogP contribution in [0, 0.1) is 17.8 Å². The number of halogens is 1. The van der Waals surface area contributed by atoms with Gasteiger partial charge in [-0.1, -0.05) is 56.2 Å². The van der Waals surface area contributed by atoms with E-state index in [0.717, 1.165) is 11.1 Å². The summed E-state index contributed by atoms with van der Waals surface area (Å²) in [4.78, 5) is 128. The van der Waals surface area contributed by atoms with Crippen molar-refractivity contribution in [2.45, 2.75) is 170 Å². The Morgan fingerprint density at radius 3 is 2.34 bits per heavy atom. The normalized spacial score (nSPS) is 30.5. The highest BCUT2D eigenvalue weighted by Gasteiger charge is 2.64. The topological polar surface area (TPSA) is 258 Å². The van der Waals surface area contributed by atoms with Gasteiger partial charge in [-0.25, -0.2) is 14.4 Å². The minimum Gasteiger partial charge on any atom is -0.495 e. The first-order chi connectivity index (χ1) is 36.2. The van der Waals surface area contributed by atoms with Crippen LogP contribution in [0.25, 0.3) is 0 Å². The number of methoxy groups -OCH3 is 2. The van der Waals surface area contributed by atoms with Crippen LogP contribution >= 0.6 is 23.4 Å². The van der Waals surface area contributed by atoms with E-state index in [1.54, 1.807) is 45.2 Å². The maximum atomic E-state index is 14.4. The molecule has 1 saturated carbocycles. The molecule has 1 aromatic carbocycles. The van der Waals surface area contributed by atoms with Gasteiger partial charge in [-0.3, -0.25) is 39.0 Å². The molecule has 5 aliphatic heterocycles. The molecule has 7 amide bonds. The minimum atomic E-state index is -1.89. The quantitative estimate of drug-likeness (QED) is 0.135. The van der Waals surface area contributed by atoms with Crippen LogP contribution < -0.4 is 15.0 Å². The number of hydrogen-bond acceptors (Lipinski definition) is 17. The largest absolute Gasteiger partial charge is 0.495 e. The molecule has 21 nitrogen and oxygen atoms in total. The van der Waals surface area contributed by atoms with E-state index >= 15 is 0 Å². The average molecular weight is 1110 g/mol. The van der Waals surface area contributed by atoms with Gasteiger partial charge in [0.1, 0.15) is 40.7 Å². The second-order valence-electron chi connectivity index (χ2n) is 22.0. The number of carbonyl (C=O) groups is 9. The zero-order valence-corrected chi connectivity index (χ0v) is 47.0. The number of alkyl carbamates (subject to hydrolysis) is 1. The van der Waals surface area contributed by atoms with E-state index in [4.69, 9.17) is 40.1 Å². The molecule has 7 rings (SSSR count). The number of likely N-dealkylation sites (N-methyl/N-ethyl adjacent to an activating group) is 1. The van der Waals surface area contributed by atoms with Crippen LogP contribution in [0.2, 0.25) is 5.02 Å². The zero-order valence-electron chi connectivity index (χ0n) is 45.4. The van der Waals surface area contributed by atoms with Crippen molar-refractivity contribution in [3.8, 4) is 5.75 Å². The van der Waals surface area contributed by atoms with E-state index in [2.05, 4.69) is 5.32 Å². The Kier molecular flexibility index (Phi) is 18.3. The summed E-state index contributed by atoms with van der Waals surface area (Å²) >= 11 is 8.14. The number of ether oxygens (including phenoxy) is 5. The molecular weight excluding hydrogens is 1040 g/mol. The summed E-state index contributed by atoms with van der Waals surface area (Å²) in [6.07, 6.45) is 2.52. The number of fused-ring (bicyclic) bond motifs is 5. The highest BCUT2D eigenvalue weighted by Crippen LogP contribution is 2.49. The minimum absolute atomic E-state index is 0.00150. The fraction of sp³-hybridized carbons (Fsp3) is 0.648. The van der Waals surface area contributed by atoms with Crippen LogP contribution in [-0.2, 0) is 68.6 Å². The maximum Gasteiger partial charge on any atom is 0.409 e. The van der Waals surface area contributed by atoms with Crippen molar-refractivity contribution in [2.24, 2.45) is 17.8 Å². The second-order valence-corrected chi connectivity index (χ2v) is 24.3. The van der Waals surface area contributed by atoms with Crippen LogP contribution in [0.3, 0.4) is 0 Å². The summed E-state index contributed by atoms with van der Waals surface area (Å²) in [6.45, 7) is 10.8. The van der Waals surface area contributed by atoms with Crippen molar-refractivity contribution >= 4 is 82.5 Å². The predicted octanol–water partition coefficient (Wildman–Crippen LogP) is 5.35. The number of benzene rings is 1. The Labute approximate surface area is 457 Å². The van der Waals surface area contributed by atoms with Gasteiger partial charge in [0.05, 0.1) is 36.5 Å². The molecule has 422 valence electrons.